The molecule has 11 heteroatoms. The Morgan fingerprint density at radius 2 is 1.89 bits per heavy atom. The molecule has 1 atom stereocenters. The van der Waals surface area contributed by atoms with E-state index in [1.807, 2.05) is 0 Å². The number of rotatable bonds is 8. The van der Waals surface area contributed by atoms with Crippen LogP contribution in [0.2, 0.25) is 0 Å². The molecule has 2 heterocycles. The van der Waals surface area contributed by atoms with Crippen LogP contribution in [-0.4, -0.2) is 69.9 Å². The van der Waals surface area contributed by atoms with E-state index in [1.54, 1.807) is 39.2 Å². The van der Waals surface area contributed by atoms with Crippen LogP contribution in [0, 0.1) is 5.82 Å². The van der Waals surface area contributed by atoms with Crippen molar-refractivity contribution in [2.24, 2.45) is 0 Å². The minimum Gasteiger partial charge on any atom is -0.505 e. The van der Waals surface area contributed by atoms with E-state index in [2.05, 4.69) is 15.6 Å². The van der Waals surface area contributed by atoms with Crippen molar-refractivity contribution < 1.29 is 24.2 Å². The van der Waals surface area contributed by atoms with Crippen molar-refractivity contribution in [3.05, 3.63) is 69.4 Å². The maximum absolute atomic E-state index is 13.3. The second-order valence-corrected chi connectivity index (χ2v) is 8.38. The number of aliphatic hydroxyl groups is 1. The molecule has 10 nitrogen and oxygen atoms in total. The Kier molecular flexibility index (Phi) is 8.02. The fraction of sp³-hybridized carbons (Fsp3) is 0.333. The highest BCUT2D eigenvalue weighted by molar-refractivity contribution is 6.01. The highest BCUT2D eigenvalue weighted by atomic mass is 19.1. The lowest BCUT2D eigenvalue weighted by Gasteiger charge is -2.17. The number of urea groups is 1. The molecule has 0 bridgehead atoms. The van der Waals surface area contributed by atoms with Gasteiger partial charge in [0.2, 0.25) is 0 Å². The molecular weight excluding hydrogens is 457 g/mol. The van der Waals surface area contributed by atoms with E-state index in [0.717, 1.165) is 5.56 Å². The van der Waals surface area contributed by atoms with Crippen LogP contribution < -0.4 is 16.2 Å². The van der Waals surface area contributed by atoms with Crippen LogP contribution in [0.1, 0.15) is 28.4 Å². The van der Waals surface area contributed by atoms with Gasteiger partial charge in [0.15, 0.2) is 5.75 Å². The molecule has 0 aliphatic rings. The number of carbonyl (C=O) groups excluding carboxylic acids is 2. The van der Waals surface area contributed by atoms with E-state index < -0.39 is 28.8 Å². The third kappa shape index (κ3) is 5.93. The molecule has 3 amide bonds. The normalized spacial score (nSPS) is 11.8. The number of fused-ring (bicyclic) bond motifs is 1. The van der Waals surface area contributed by atoms with Crippen LogP contribution >= 0.6 is 0 Å². The number of aliphatic hydroxyl groups excluding tert-OH is 1. The molecule has 35 heavy (non-hydrogen) atoms. The third-order valence-electron chi connectivity index (χ3n) is 5.35. The Morgan fingerprint density at radius 1 is 1.20 bits per heavy atom. The van der Waals surface area contributed by atoms with Crippen LogP contribution in [0.15, 0.2) is 41.3 Å². The van der Waals surface area contributed by atoms with E-state index in [-0.39, 0.29) is 42.6 Å². The molecule has 0 radical (unpaired) electrons. The van der Waals surface area contributed by atoms with Crippen molar-refractivity contribution in [2.45, 2.75) is 25.9 Å². The fourth-order valence-electron chi connectivity index (χ4n) is 3.48. The van der Waals surface area contributed by atoms with Crippen molar-refractivity contribution >= 4 is 23.0 Å². The second-order valence-electron chi connectivity index (χ2n) is 8.38. The molecule has 1 aromatic carbocycles. The highest BCUT2D eigenvalue weighted by Gasteiger charge is 2.24. The maximum atomic E-state index is 13.3. The van der Waals surface area contributed by atoms with E-state index >= 15 is 0 Å². The molecule has 3 rings (SSSR count). The lowest BCUT2D eigenvalue weighted by Crippen LogP contribution is -2.41. The van der Waals surface area contributed by atoms with E-state index in [4.69, 9.17) is 0 Å². The van der Waals surface area contributed by atoms with Gasteiger partial charge in [0.05, 0.1) is 12.1 Å². The molecule has 186 valence electrons. The van der Waals surface area contributed by atoms with E-state index in [0.29, 0.717) is 12.0 Å². The summed E-state index contributed by atoms with van der Waals surface area (Å²) in [7, 11) is 3.15. The number of benzene rings is 1. The van der Waals surface area contributed by atoms with Crippen molar-refractivity contribution in [1.82, 2.24) is 25.1 Å². The van der Waals surface area contributed by atoms with Crippen molar-refractivity contribution in [2.75, 3.05) is 27.2 Å². The first kappa shape index (κ1) is 25.6. The Hall–Kier alpha value is -3.99. The van der Waals surface area contributed by atoms with Crippen molar-refractivity contribution in [3.8, 4) is 5.75 Å². The number of aromatic nitrogens is 2. The summed E-state index contributed by atoms with van der Waals surface area (Å²) in [5.41, 5.74) is 0.553. The summed E-state index contributed by atoms with van der Waals surface area (Å²) in [6, 6.07) is 6.63. The van der Waals surface area contributed by atoms with Gasteiger partial charge in [0.1, 0.15) is 16.9 Å². The smallest absolute Gasteiger partial charge is 0.316 e. The van der Waals surface area contributed by atoms with Gasteiger partial charge in [-0.05, 0) is 42.7 Å². The topological polar surface area (TPSA) is 137 Å². The van der Waals surface area contributed by atoms with Gasteiger partial charge in [-0.25, -0.2) is 9.18 Å². The first-order valence-corrected chi connectivity index (χ1v) is 11.0. The number of carbonyl (C=O) groups is 2. The van der Waals surface area contributed by atoms with Crippen LogP contribution in [0.3, 0.4) is 0 Å². The number of hydrogen-bond donors (Lipinski definition) is 4. The number of aromatic hydroxyl groups is 1. The summed E-state index contributed by atoms with van der Waals surface area (Å²) in [4.78, 5) is 43.6. The monoisotopic (exact) mass is 485 g/mol. The van der Waals surface area contributed by atoms with E-state index in [9.17, 15) is 29.0 Å². The Morgan fingerprint density at radius 3 is 2.51 bits per heavy atom. The first-order valence-electron chi connectivity index (χ1n) is 11.0. The summed E-state index contributed by atoms with van der Waals surface area (Å²) >= 11 is 0. The lowest BCUT2D eigenvalue weighted by molar-refractivity contribution is 0.0917. The summed E-state index contributed by atoms with van der Waals surface area (Å²) in [6.07, 6.45) is 1.90. The average Bonchev–Trinajstić information content (AvgIpc) is 2.82. The Bertz CT molecular complexity index is 1290. The molecule has 4 N–H and O–H groups in total. The molecule has 0 saturated carbocycles. The number of nitrogens with zero attached hydrogens (tertiary/aromatic N) is 3. The standard InChI is InChI=1S/C24H28FN5O5/c1-14(13-31)28-22(33)19-21(32)20-18(30(23(19)34)9-8-26-24(35)29(2)3)11-16(12-27-20)10-15-4-6-17(25)7-5-15/h4-7,11-12,14,31-32H,8-10,13H2,1-3H3,(H,26,35)(H,28,33). The van der Waals surface area contributed by atoms with Gasteiger partial charge in [0, 0.05) is 39.4 Å². The van der Waals surface area contributed by atoms with Gasteiger partial charge in [0.25, 0.3) is 11.5 Å². The third-order valence-corrected chi connectivity index (χ3v) is 5.35. The summed E-state index contributed by atoms with van der Waals surface area (Å²) in [5, 5.41) is 25.2. The quantitative estimate of drug-likeness (QED) is 0.379. The van der Waals surface area contributed by atoms with Crippen molar-refractivity contribution in [3.63, 3.8) is 0 Å². The largest absolute Gasteiger partial charge is 0.505 e. The van der Waals surface area contributed by atoms with Crippen LogP contribution in [0.5, 0.6) is 5.75 Å². The SMILES string of the molecule is CC(CO)NC(=O)c1c(O)c2ncc(Cc3ccc(F)cc3)cc2n(CCNC(=O)N(C)C)c1=O. The molecule has 2 aromatic heterocycles. The predicted molar refractivity (Wildman–Crippen MR) is 128 cm³/mol. The molecule has 0 fully saturated rings. The minimum atomic E-state index is -0.848. The molecule has 0 spiro atoms. The van der Waals surface area contributed by atoms with Gasteiger partial charge in [-0.15, -0.1) is 0 Å². The fourth-order valence-corrected chi connectivity index (χ4v) is 3.48. The Balaban J connectivity index is 2.08. The summed E-state index contributed by atoms with van der Waals surface area (Å²) in [6.45, 7) is 1.28. The molecule has 1 unspecified atom stereocenters. The predicted octanol–water partition coefficient (Wildman–Crippen LogP) is 1.21. The summed E-state index contributed by atoms with van der Waals surface area (Å²) < 4.78 is 14.5. The van der Waals surface area contributed by atoms with Crippen molar-refractivity contribution in [1.29, 1.82) is 0 Å². The lowest BCUT2D eigenvalue weighted by atomic mass is 10.1. The average molecular weight is 486 g/mol. The second kappa shape index (κ2) is 11.0. The van der Waals surface area contributed by atoms with Gasteiger partial charge in [-0.1, -0.05) is 12.1 Å². The zero-order valence-corrected chi connectivity index (χ0v) is 19.7. The molecule has 0 aliphatic carbocycles. The molecule has 3 aromatic rings. The zero-order valence-electron chi connectivity index (χ0n) is 19.7. The molecular formula is C24H28FN5O5. The number of nitrogens with one attached hydrogen (secondary N) is 2. The molecule has 0 saturated heterocycles. The number of hydrogen-bond acceptors (Lipinski definition) is 6. The van der Waals surface area contributed by atoms with Gasteiger partial charge in [-0.3, -0.25) is 14.6 Å². The first-order chi connectivity index (χ1) is 16.6. The number of pyridine rings is 2. The van der Waals surface area contributed by atoms with Gasteiger partial charge in [-0.2, -0.15) is 0 Å². The number of halogens is 1. The zero-order chi connectivity index (χ0) is 25.7. The highest BCUT2D eigenvalue weighted by Crippen LogP contribution is 2.26. The number of amides is 3. The van der Waals surface area contributed by atoms with Crippen LogP contribution in [-0.2, 0) is 13.0 Å². The Labute approximate surface area is 201 Å². The van der Waals surface area contributed by atoms with Crippen LogP contribution in [0.4, 0.5) is 9.18 Å². The van der Waals surface area contributed by atoms with E-state index in [1.165, 1.54) is 27.8 Å². The summed E-state index contributed by atoms with van der Waals surface area (Å²) in [5.74, 6) is -1.78. The van der Waals surface area contributed by atoms with Gasteiger partial charge >= 0.3 is 6.03 Å². The van der Waals surface area contributed by atoms with Crippen LogP contribution in [0.25, 0.3) is 11.0 Å². The van der Waals surface area contributed by atoms with Gasteiger partial charge < -0.3 is 30.3 Å². The maximum Gasteiger partial charge on any atom is 0.316 e. The minimum absolute atomic E-state index is 0.00666. The molecule has 0 aliphatic heterocycles.